The molecule has 4 heterocycles. The number of methoxy groups -OCH3 is 1. The lowest BCUT2D eigenvalue weighted by Gasteiger charge is -2.33. The monoisotopic (exact) mass is 447 g/mol. The number of nitrogens with zero attached hydrogens (tertiary/aromatic N) is 5. The minimum atomic E-state index is -1.84. The molecule has 11 nitrogen and oxygen atoms in total. The average molecular weight is 447 g/mol. The minimum Gasteiger partial charge on any atom is -0.480 e. The highest BCUT2D eigenvalue weighted by molar-refractivity contribution is 7.45. The van der Waals surface area contributed by atoms with E-state index in [0.29, 0.717) is 28.0 Å². The lowest BCUT2D eigenvalue weighted by atomic mass is 9.94. The van der Waals surface area contributed by atoms with Crippen molar-refractivity contribution < 1.29 is 23.7 Å². The van der Waals surface area contributed by atoms with E-state index in [9.17, 15) is 9.59 Å². The van der Waals surface area contributed by atoms with Crippen LogP contribution in [0, 0.1) is 5.92 Å². The smallest absolute Gasteiger partial charge is 0.318 e. The molecule has 3 aromatic rings. The van der Waals surface area contributed by atoms with Crippen molar-refractivity contribution in [3.05, 3.63) is 41.0 Å². The van der Waals surface area contributed by atoms with E-state index in [1.54, 1.807) is 6.07 Å². The van der Waals surface area contributed by atoms with Gasteiger partial charge in [-0.05, 0) is 31.2 Å². The molecule has 0 spiro atoms. The van der Waals surface area contributed by atoms with Crippen molar-refractivity contribution in [2.24, 2.45) is 5.92 Å². The Kier molecular flexibility index (Phi) is 6.26. The lowest BCUT2D eigenvalue weighted by molar-refractivity contribution is 0.0911. The van der Waals surface area contributed by atoms with Crippen LogP contribution in [0.1, 0.15) is 29.8 Å². The first-order chi connectivity index (χ1) is 15.0. The van der Waals surface area contributed by atoms with Gasteiger partial charge in [-0.25, -0.2) is 4.98 Å². The fourth-order valence-electron chi connectivity index (χ4n) is 3.75. The Morgan fingerprint density at radius 1 is 1.32 bits per heavy atom. The highest BCUT2D eigenvalue weighted by Crippen LogP contribution is 2.32. The maximum Gasteiger partial charge on any atom is 0.318 e. The number of pyridine rings is 1. The standard InChI is InChI=1S/C19H22N5O6P/c1-29-17-16-13(9-21-24(19(16)26)18(25)14-10-20-11-30-14)8-15(22-17)23-5-2-12(3-6-23)4-7-31(27)28/h8-12,27-28H,2-7H2,1H3. The molecule has 31 heavy (non-hydrogen) atoms. The van der Waals surface area contributed by atoms with Crippen LogP contribution >= 0.6 is 8.38 Å². The number of hydrogen-bond acceptors (Lipinski definition) is 10. The fourth-order valence-corrected chi connectivity index (χ4v) is 4.35. The SMILES string of the molecule is COc1nc(N2CCC(CCP(O)O)CC2)cc2cnn(C(=O)c3cnco3)c(=O)c12. The Morgan fingerprint density at radius 2 is 2.10 bits per heavy atom. The summed E-state index contributed by atoms with van der Waals surface area (Å²) >= 11 is 0. The second-order valence-corrected chi connectivity index (χ2v) is 8.49. The van der Waals surface area contributed by atoms with E-state index < -0.39 is 19.8 Å². The zero-order valence-electron chi connectivity index (χ0n) is 16.8. The maximum absolute atomic E-state index is 12.9. The second-order valence-electron chi connectivity index (χ2n) is 7.30. The van der Waals surface area contributed by atoms with Gasteiger partial charge < -0.3 is 23.8 Å². The molecular weight excluding hydrogens is 425 g/mol. The fraction of sp³-hybridized carbons (Fsp3) is 0.421. The van der Waals surface area contributed by atoms with Crippen LogP contribution < -0.4 is 15.2 Å². The first kappa shape index (κ1) is 21.4. The molecule has 1 fully saturated rings. The topological polar surface area (TPSA) is 144 Å². The van der Waals surface area contributed by atoms with Gasteiger partial charge >= 0.3 is 5.91 Å². The Morgan fingerprint density at radius 3 is 2.74 bits per heavy atom. The van der Waals surface area contributed by atoms with E-state index in [0.717, 1.165) is 38.7 Å². The molecule has 1 aliphatic heterocycles. The Bertz CT molecular complexity index is 1120. The van der Waals surface area contributed by atoms with Gasteiger partial charge in [0, 0.05) is 24.6 Å². The molecule has 0 bridgehead atoms. The van der Waals surface area contributed by atoms with Gasteiger partial charge in [-0.2, -0.15) is 14.8 Å². The van der Waals surface area contributed by atoms with Gasteiger partial charge in [0.1, 0.15) is 11.2 Å². The molecule has 3 aromatic heterocycles. The second kappa shape index (κ2) is 9.09. The van der Waals surface area contributed by atoms with E-state index in [4.69, 9.17) is 18.9 Å². The number of ether oxygens (including phenoxy) is 1. The van der Waals surface area contributed by atoms with Crippen LogP contribution in [0.25, 0.3) is 10.8 Å². The van der Waals surface area contributed by atoms with Crippen molar-refractivity contribution in [2.75, 3.05) is 31.3 Å². The van der Waals surface area contributed by atoms with Crippen LogP contribution in [0.5, 0.6) is 5.88 Å². The number of oxazole rings is 1. The van der Waals surface area contributed by atoms with Crippen LogP contribution in [0.15, 0.2) is 34.1 Å². The number of rotatable bonds is 6. The quantitative estimate of drug-likeness (QED) is 0.532. The molecule has 12 heteroatoms. The summed E-state index contributed by atoms with van der Waals surface area (Å²) in [6.07, 6.45) is 6.80. The molecule has 1 aliphatic rings. The number of carbonyl (C=O) groups is 1. The summed E-state index contributed by atoms with van der Waals surface area (Å²) in [6, 6.07) is 1.76. The van der Waals surface area contributed by atoms with Crippen LogP contribution in [-0.2, 0) is 0 Å². The van der Waals surface area contributed by atoms with Gasteiger partial charge in [-0.15, -0.1) is 0 Å². The highest BCUT2D eigenvalue weighted by atomic mass is 31.2. The molecule has 4 rings (SSSR count). The first-order valence-corrected chi connectivity index (χ1v) is 11.2. The molecule has 1 saturated heterocycles. The zero-order chi connectivity index (χ0) is 22.0. The third-order valence-electron chi connectivity index (χ3n) is 5.43. The number of aromatic nitrogens is 4. The van der Waals surface area contributed by atoms with Gasteiger partial charge in [0.25, 0.3) is 5.56 Å². The summed E-state index contributed by atoms with van der Waals surface area (Å²) in [7, 11) is -0.425. The maximum atomic E-state index is 12.9. The summed E-state index contributed by atoms with van der Waals surface area (Å²) in [4.78, 5) is 54.0. The highest BCUT2D eigenvalue weighted by Gasteiger charge is 2.24. The number of hydrogen-bond donors (Lipinski definition) is 2. The van der Waals surface area contributed by atoms with Crippen LogP contribution in [0.4, 0.5) is 5.82 Å². The molecule has 164 valence electrons. The summed E-state index contributed by atoms with van der Waals surface area (Å²) in [5.41, 5.74) is -0.655. The van der Waals surface area contributed by atoms with Gasteiger partial charge in [-0.1, -0.05) is 0 Å². The molecule has 0 radical (unpaired) electrons. The molecule has 0 aliphatic carbocycles. The van der Waals surface area contributed by atoms with E-state index >= 15 is 0 Å². The molecular formula is C19H22N5O6P. The summed E-state index contributed by atoms with van der Waals surface area (Å²) in [5.74, 6) is 0.392. The Labute approximate surface area is 178 Å². The molecule has 0 unspecified atom stereocenters. The van der Waals surface area contributed by atoms with E-state index in [-0.39, 0.29) is 17.0 Å². The van der Waals surface area contributed by atoms with Gasteiger partial charge in [0.2, 0.25) is 11.6 Å². The van der Waals surface area contributed by atoms with Gasteiger partial charge in [0.05, 0.1) is 19.5 Å². The Balaban J connectivity index is 1.61. The number of piperidine rings is 1. The van der Waals surface area contributed by atoms with E-state index in [2.05, 4.69) is 20.0 Å². The van der Waals surface area contributed by atoms with E-state index in [1.165, 1.54) is 19.5 Å². The third kappa shape index (κ3) is 4.43. The van der Waals surface area contributed by atoms with Crippen molar-refractivity contribution >= 4 is 30.9 Å². The van der Waals surface area contributed by atoms with Crippen LogP contribution in [-0.4, -0.2) is 61.8 Å². The molecule has 2 N–H and O–H groups in total. The molecule has 0 saturated carbocycles. The zero-order valence-corrected chi connectivity index (χ0v) is 17.7. The minimum absolute atomic E-state index is 0.102. The first-order valence-electron chi connectivity index (χ1n) is 9.78. The largest absolute Gasteiger partial charge is 0.480 e. The van der Waals surface area contributed by atoms with Crippen molar-refractivity contribution in [1.29, 1.82) is 0 Å². The van der Waals surface area contributed by atoms with Crippen molar-refractivity contribution in [3.63, 3.8) is 0 Å². The number of carbonyl (C=O) groups excluding carboxylic acids is 1. The average Bonchev–Trinajstić information content (AvgIpc) is 3.32. The van der Waals surface area contributed by atoms with Crippen LogP contribution in [0.2, 0.25) is 0 Å². The third-order valence-corrected chi connectivity index (χ3v) is 6.08. The number of anilines is 1. The lowest BCUT2D eigenvalue weighted by Crippen LogP contribution is -2.35. The predicted octanol–water partition coefficient (Wildman–Crippen LogP) is 1.38. The van der Waals surface area contributed by atoms with Crippen molar-refractivity contribution in [2.45, 2.75) is 19.3 Å². The summed E-state index contributed by atoms with van der Waals surface area (Å²) < 4.78 is 11.0. The predicted molar refractivity (Wildman–Crippen MR) is 112 cm³/mol. The van der Waals surface area contributed by atoms with Gasteiger partial charge in [-0.3, -0.25) is 9.59 Å². The molecule has 0 atom stereocenters. The normalized spacial score (nSPS) is 15.0. The Hall–Kier alpha value is -2.88. The molecule has 0 amide bonds. The van der Waals surface area contributed by atoms with Crippen molar-refractivity contribution in [1.82, 2.24) is 19.7 Å². The number of fused-ring (bicyclic) bond motifs is 1. The van der Waals surface area contributed by atoms with Crippen molar-refractivity contribution in [3.8, 4) is 5.88 Å². The van der Waals surface area contributed by atoms with Gasteiger partial charge in [0.15, 0.2) is 14.8 Å². The summed E-state index contributed by atoms with van der Waals surface area (Å²) in [5, 5.41) is 4.67. The summed E-state index contributed by atoms with van der Waals surface area (Å²) in [6.45, 7) is 1.52. The van der Waals surface area contributed by atoms with E-state index in [1.807, 2.05) is 0 Å². The van der Waals surface area contributed by atoms with Crippen LogP contribution in [0.3, 0.4) is 0 Å². The molecule has 0 aromatic carbocycles.